The van der Waals surface area contributed by atoms with E-state index >= 15 is 0 Å². The summed E-state index contributed by atoms with van der Waals surface area (Å²) in [6.07, 6.45) is -0.377. The highest BCUT2D eigenvalue weighted by atomic mass is 32.2. The summed E-state index contributed by atoms with van der Waals surface area (Å²) in [6.45, 7) is 3.14. The van der Waals surface area contributed by atoms with Crippen LogP contribution in [0.3, 0.4) is 0 Å². The molecule has 0 aliphatic carbocycles. The van der Waals surface area contributed by atoms with Crippen LogP contribution in [0.2, 0.25) is 0 Å². The molecule has 1 aliphatic rings. The molecule has 0 bridgehead atoms. The van der Waals surface area contributed by atoms with E-state index in [1.165, 1.54) is 23.9 Å². The van der Waals surface area contributed by atoms with Crippen molar-refractivity contribution in [1.29, 1.82) is 0 Å². The van der Waals surface area contributed by atoms with Gasteiger partial charge in [0.05, 0.1) is 5.75 Å². The minimum Gasteiger partial charge on any atom is -0.485 e. The highest BCUT2D eigenvalue weighted by molar-refractivity contribution is 7.99. The molecule has 1 atom stereocenters. The molecule has 0 fully saturated rings. The normalized spacial score (nSPS) is 15.0. The van der Waals surface area contributed by atoms with Gasteiger partial charge in [0.15, 0.2) is 28.6 Å². The van der Waals surface area contributed by atoms with E-state index in [0.29, 0.717) is 42.2 Å². The largest absolute Gasteiger partial charge is 0.485 e. The molecular formula is C22H23FN4O3S. The lowest BCUT2D eigenvalue weighted by atomic mass is 10.2. The minimum atomic E-state index is -0.377. The Balaban J connectivity index is 1.38. The van der Waals surface area contributed by atoms with Gasteiger partial charge in [0.1, 0.15) is 12.4 Å². The quantitative estimate of drug-likeness (QED) is 0.521. The Kier molecular flexibility index (Phi) is 6.41. The molecule has 0 N–H and O–H groups in total. The van der Waals surface area contributed by atoms with Crippen LogP contribution in [0.4, 0.5) is 4.39 Å². The number of amides is 1. The van der Waals surface area contributed by atoms with Crippen molar-refractivity contribution < 1.29 is 18.7 Å². The number of para-hydroxylation sites is 2. The fourth-order valence-electron chi connectivity index (χ4n) is 3.33. The number of fused-ring (bicyclic) bond motifs is 1. The number of ether oxygens (including phenoxy) is 2. The van der Waals surface area contributed by atoms with Gasteiger partial charge < -0.3 is 18.9 Å². The van der Waals surface area contributed by atoms with Crippen LogP contribution in [-0.4, -0.2) is 44.5 Å². The summed E-state index contributed by atoms with van der Waals surface area (Å²) in [5.74, 6) is 1.86. The second-order valence-electron chi connectivity index (χ2n) is 7.09. The average Bonchev–Trinajstić information content (AvgIpc) is 3.15. The van der Waals surface area contributed by atoms with Gasteiger partial charge in [-0.05, 0) is 36.8 Å². The van der Waals surface area contributed by atoms with E-state index in [0.717, 1.165) is 5.56 Å². The Labute approximate surface area is 184 Å². The van der Waals surface area contributed by atoms with E-state index in [1.807, 2.05) is 48.9 Å². The SMILES string of the molecule is CCN(Cc1cccc(F)c1)C(=O)CSc1nnc(C2COc3ccccc3O2)n1C. The molecule has 2 heterocycles. The number of hydrogen-bond acceptors (Lipinski definition) is 6. The van der Waals surface area contributed by atoms with Crippen molar-refractivity contribution in [1.82, 2.24) is 19.7 Å². The lowest BCUT2D eigenvalue weighted by Gasteiger charge is -2.25. The number of aromatic nitrogens is 3. The maximum atomic E-state index is 13.4. The fraction of sp³-hybridized carbons (Fsp3) is 0.318. The molecule has 0 spiro atoms. The zero-order chi connectivity index (χ0) is 21.8. The summed E-state index contributed by atoms with van der Waals surface area (Å²) in [5, 5.41) is 9.09. The lowest BCUT2D eigenvalue weighted by molar-refractivity contribution is -0.128. The topological polar surface area (TPSA) is 69.5 Å². The Morgan fingerprint density at radius 3 is 2.81 bits per heavy atom. The van der Waals surface area contributed by atoms with Gasteiger partial charge in [-0.3, -0.25) is 4.79 Å². The Hall–Kier alpha value is -3.07. The van der Waals surface area contributed by atoms with Crippen LogP contribution >= 0.6 is 11.8 Å². The number of nitrogens with zero attached hydrogens (tertiary/aromatic N) is 4. The van der Waals surface area contributed by atoms with E-state index in [9.17, 15) is 9.18 Å². The van der Waals surface area contributed by atoms with Gasteiger partial charge in [-0.2, -0.15) is 0 Å². The van der Waals surface area contributed by atoms with Gasteiger partial charge in [0, 0.05) is 20.1 Å². The molecule has 2 aromatic carbocycles. The van der Waals surface area contributed by atoms with Crippen LogP contribution in [-0.2, 0) is 18.4 Å². The Bertz CT molecular complexity index is 1070. The van der Waals surface area contributed by atoms with Gasteiger partial charge >= 0.3 is 0 Å². The molecule has 3 aromatic rings. The molecular weight excluding hydrogens is 419 g/mol. The van der Waals surface area contributed by atoms with Crippen LogP contribution in [0.25, 0.3) is 0 Å². The zero-order valence-corrected chi connectivity index (χ0v) is 18.1. The lowest BCUT2D eigenvalue weighted by Crippen LogP contribution is -2.31. The maximum absolute atomic E-state index is 13.4. The molecule has 1 aromatic heterocycles. The van der Waals surface area contributed by atoms with Gasteiger partial charge in [-0.25, -0.2) is 4.39 Å². The van der Waals surface area contributed by atoms with Gasteiger partial charge in [-0.15, -0.1) is 10.2 Å². The van der Waals surface area contributed by atoms with E-state index in [1.54, 1.807) is 11.0 Å². The first kappa shape index (κ1) is 21.2. The summed E-state index contributed by atoms with van der Waals surface area (Å²) in [6, 6.07) is 13.8. The predicted molar refractivity (Wildman–Crippen MR) is 115 cm³/mol. The van der Waals surface area contributed by atoms with Crippen molar-refractivity contribution in [3.63, 3.8) is 0 Å². The molecule has 1 unspecified atom stereocenters. The summed E-state index contributed by atoms with van der Waals surface area (Å²) < 4.78 is 27.0. The first-order chi connectivity index (χ1) is 15.0. The van der Waals surface area contributed by atoms with Crippen molar-refractivity contribution in [3.8, 4) is 11.5 Å². The van der Waals surface area contributed by atoms with E-state index < -0.39 is 0 Å². The zero-order valence-electron chi connectivity index (χ0n) is 17.3. The average molecular weight is 443 g/mol. The summed E-state index contributed by atoms with van der Waals surface area (Å²) in [7, 11) is 1.84. The van der Waals surface area contributed by atoms with Crippen molar-refractivity contribution >= 4 is 17.7 Å². The van der Waals surface area contributed by atoms with Crippen LogP contribution in [0, 0.1) is 5.82 Å². The second-order valence-corrected chi connectivity index (χ2v) is 8.03. The third-order valence-corrected chi connectivity index (χ3v) is 5.99. The molecule has 9 heteroatoms. The van der Waals surface area contributed by atoms with Crippen LogP contribution in [0.15, 0.2) is 53.7 Å². The predicted octanol–water partition coefficient (Wildman–Crippen LogP) is 3.61. The number of thioether (sulfide) groups is 1. The highest BCUT2D eigenvalue weighted by Gasteiger charge is 2.27. The molecule has 4 rings (SSSR count). The number of carbonyl (C=O) groups is 1. The molecule has 0 saturated heterocycles. The van der Waals surface area contributed by atoms with Crippen molar-refractivity contribution in [2.75, 3.05) is 18.9 Å². The van der Waals surface area contributed by atoms with E-state index in [2.05, 4.69) is 10.2 Å². The van der Waals surface area contributed by atoms with E-state index in [-0.39, 0.29) is 23.6 Å². The first-order valence-electron chi connectivity index (χ1n) is 9.98. The van der Waals surface area contributed by atoms with Crippen LogP contribution < -0.4 is 9.47 Å². The van der Waals surface area contributed by atoms with E-state index in [4.69, 9.17) is 9.47 Å². The number of halogens is 1. The maximum Gasteiger partial charge on any atom is 0.233 e. The smallest absolute Gasteiger partial charge is 0.233 e. The van der Waals surface area contributed by atoms with Crippen LogP contribution in [0.1, 0.15) is 24.4 Å². The number of carbonyl (C=O) groups excluding carboxylic acids is 1. The third kappa shape index (κ3) is 4.82. The molecule has 1 amide bonds. The number of rotatable bonds is 7. The van der Waals surface area contributed by atoms with Crippen molar-refractivity contribution in [2.45, 2.75) is 24.7 Å². The molecule has 31 heavy (non-hydrogen) atoms. The van der Waals surface area contributed by atoms with Gasteiger partial charge in [-0.1, -0.05) is 36.0 Å². The standard InChI is InChI=1S/C22H23FN4O3S/c1-3-27(12-15-7-6-8-16(23)11-15)20(28)14-31-22-25-24-21(26(22)2)19-13-29-17-9-4-5-10-18(17)30-19/h4-11,19H,3,12-14H2,1-2H3. The fourth-order valence-corrected chi connectivity index (χ4v) is 4.15. The monoisotopic (exact) mass is 442 g/mol. The number of benzene rings is 2. The Morgan fingerprint density at radius 2 is 2.03 bits per heavy atom. The summed E-state index contributed by atoms with van der Waals surface area (Å²) in [4.78, 5) is 14.4. The van der Waals surface area contributed by atoms with Crippen LogP contribution in [0.5, 0.6) is 11.5 Å². The van der Waals surface area contributed by atoms with Crippen molar-refractivity contribution in [3.05, 3.63) is 65.7 Å². The van der Waals surface area contributed by atoms with Crippen molar-refractivity contribution in [2.24, 2.45) is 7.05 Å². The first-order valence-corrected chi connectivity index (χ1v) is 11.0. The van der Waals surface area contributed by atoms with Gasteiger partial charge in [0.2, 0.25) is 5.91 Å². The molecule has 7 nitrogen and oxygen atoms in total. The third-order valence-electron chi connectivity index (χ3n) is 4.99. The number of hydrogen-bond donors (Lipinski definition) is 0. The van der Waals surface area contributed by atoms with Gasteiger partial charge in [0.25, 0.3) is 0 Å². The molecule has 1 aliphatic heterocycles. The molecule has 162 valence electrons. The summed E-state index contributed by atoms with van der Waals surface area (Å²) in [5.41, 5.74) is 0.760. The highest BCUT2D eigenvalue weighted by Crippen LogP contribution is 2.35. The second kappa shape index (κ2) is 9.38. The molecule has 0 saturated carbocycles. The summed E-state index contributed by atoms with van der Waals surface area (Å²) >= 11 is 1.31. The molecule has 0 radical (unpaired) electrons. The minimum absolute atomic E-state index is 0.0486. The Morgan fingerprint density at radius 1 is 1.23 bits per heavy atom.